The minimum Gasteiger partial charge on any atom is -0.379 e. The summed E-state index contributed by atoms with van der Waals surface area (Å²) in [5.74, 6) is -1.01. The van der Waals surface area contributed by atoms with Gasteiger partial charge in [0.05, 0.1) is 19.1 Å². The Morgan fingerprint density at radius 2 is 1.90 bits per heavy atom. The lowest BCUT2D eigenvalue weighted by Gasteiger charge is -2.36. The number of nitrogens with zero attached hydrogens (tertiary/aromatic N) is 1. The molecule has 0 aromatic heterocycles. The highest BCUT2D eigenvalue weighted by Crippen LogP contribution is 2.26. The number of rotatable bonds is 2. The van der Waals surface area contributed by atoms with E-state index in [4.69, 9.17) is 16.2 Å². The second-order valence-corrected chi connectivity index (χ2v) is 5.66. The molecule has 1 fully saturated rings. The molecule has 112 valence electrons. The average Bonchev–Trinajstić information content (AvgIpc) is 2.91. The first-order valence-corrected chi connectivity index (χ1v) is 7.08. The number of hydrogen-bond donors (Lipinski definition) is 2. The highest BCUT2D eigenvalue weighted by molar-refractivity contribution is 5.89. The molecule has 2 unspecified atom stereocenters. The number of carbonyl (C=O) groups excluding carboxylic acids is 2. The molecule has 1 aromatic carbocycles. The van der Waals surface area contributed by atoms with Gasteiger partial charge in [0.15, 0.2) is 0 Å². The quantitative estimate of drug-likeness (QED) is 0.759. The van der Waals surface area contributed by atoms with Crippen molar-refractivity contribution in [1.82, 2.24) is 4.90 Å². The van der Waals surface area contributed by atoms with Crippen LogP contribution in [0, 0.1) is 5.92 Å². The van der Waals surface area contributed by atoms with Crippen LogP contribution in [0.15, 0.2) is 24.3 Å². The summed E-state index contributed by atoms with van der Waals surface area (Å²) in [5, 5.41) is 0. The second kappa shape index (κ2) is 5.46. The Morgan fingerprint density at radius 1 is 1.19 bits per heavy atom. The van der Waals surface area contributed by atoms with Gasteiger partial charge in [-0.15, -0.1) is 0 Å². The molecule has 3 rings (SSSR count). The van der Waals surface area contributed by atoms with E-state index in [0.717, 1.165) is 11.1 Å². The van der Waals surface area contributed by atoms with Crippen molar-refractivity contribution in [2.24, 2.45) is 17.4 Å². The summed E-state index contributed by atoms with van der Waals surface area (Å²) in [6.07, 6.45) is 0.458. The number of benzene rings is 1. The van der Waals surface area contributed by atoms with E-state index in [9.17, 15) is 9.59 Å². The first kappa shape index (κ1) is 14.0. The summed E-state index contributed by atoms with van der Waals surface area (Å²) in [6, 6.07) is 6.87. The van der Waals surface area contributed by atoms with Gasteiger partial charge in [-0.25, -0.2) is 0 Å². The Labute approximate surface area is 123 Å². The van der Waals surface area contributed by atoms with Crippen molar-refractivity contribution in [3.8, 4) is 0 Å². The Bertz CT molecular complexity index is 575. The largest absolute Gasteiger partial charge is 0.379 e. The number of carbonyl (C=O) groups is 2. The van der Waals surface area contributed by atoms with Crippen molar-refractivity contribution < 1.29 is 14.3 Å². The molecule has 6 heteroatoms. The van der Waals surface area contributed by atoms with Gasteiger partial charge in [-0.05, 0) is 11.1 Å². The van der Waals surface area contributed by atoms with Gasteiger partial charge >= 0.3 is 0 Å². The molecule has 0 radical (unpaired) electrons. The molecular weight excluding hydrogens is 270 g/mol. The van der Waals surface area contributed by atoms with E-state index in [1.807, 2.05) is 24.3 Å². The number of primary amides is 1. The predicted molar refractivity (Wildman–Crippen MR) is 76.0 cm³/mol. The normalized spacial score (nSPS) is 28.2. The molecule has 0 aliphatic carbocycles. The van der Waals surface area contributed by atoms with Crippen molar-refractivity contribution >= 4 is 11.8 Å². The van der Waals surface area contributed by atoms with Crippen molar-refractivity contribution in [1.29, 1.82) is 0 Å². The fourth-order valence-electron chi connectivity index (χ4n) is 3.05. The van der Waals surface area contributed by atoms with E-state index < -0.39 is 17.9 Å². The monoisotopic (exact) mass is 289 g/mol. The minimum absolute atomic E-state index is 0.140. The van der Waals surface area contributed by atoms with Gasteiger partial charge in [0.2, 0.25) is 11.8 Å². The second-order valence-electron chi connectivity index (χ2n) is 5.66. The number of fused-ring (bicyclic) bond motifs is 1. The minimum atomic E-state index is -0.611. The SMILES string of the molecule is NC(=O)[C@@H]1Cc2ccccc2CN1C(=O)C1COCC1N. The summed E-state index contributed by atoms with van der Waals surface area (Å²) in [4.78, 5) is 26.0. The standard InChI is InChI=1S/C15H19N3O3/c16-12-8-21-7-11(12)15(20)18-6-10-4-2-1-3-9(10)5-13(18)14(17)19/h1-4,11-13H,5-8,16H2,(H2,17,19)/t11?,12?,13-/m0/s1. The number of ether oxygens (including phenoxy) is 1. The molecule has 2 aliphatic rings. The zero-order chi connectivity index (χ0) is 15.0. The number of amides is 2. The van der Waals surface area contributed by atoms with Gasteiger partial charge in [0, 0.05) is 19.0 Å². The van der Waals surface area contributed by atoms with Crippen LogP contribution in [-0.2, 0) is 27.3 Å². The fourth-order valence-corrected chi connectivity index (χ4v) is 3.05. The lowest BCUT2D eigenvalue weighted by molar-refractivity contribution is -0.144. The molecule has 6 nitrogen and oxygen atoms in total. The molecule has 2 heterocycles. The molecule has 1 saturated heterocycles. The van der Waals surface area contributed by atoms with Crippen LogP contribution in [0.25, 0.3) is 0 Å². The molecule has 0 bridgehead atoms. The Kier molecular flexibility index (Phi) is 3.65. The smallest absolute Gasteiger partial charge is 0.240 e. The molecule has 2 aliphatic heterocycles. The van der Waals surface area contributed by atoms with Gasteiger partial charge in [-0.1, -0.05) is 24.3 Å². The molecule has 0 saturated carbocycles. The van der Waals surface area contributed by atoms with Crippen LogP contribution in [0.2, 0.25) is 0 Å². The summed E-state index contributed by atoms with van der Waals surface area (Å²) >= 11 is 0. The van der Waals surface area contributed by atoms with Crippen molar-refractivity contribution in [2.75, 3.05) is 13.2 Å². The molecule has 4 N–H and O–H groups in total. The molecule has 21 heavy (non-hydrogen) atoms. The highest BCUT2D eigenvalue weighted by atomic mass is 16.5. The van der Waals surface area contributed by atoms with Gasteiger partial charge in [-0.3, -0.25) is 9.59 Å². The molecule has 3 atom stereocenters. The van der Waals surface area contributed by atoms with Crippen LogP contribution in [-0.4, -0.2) is 42.0 Å². The first-order valence-electron chi connectivity index (χ1n) is 7.08. The maximum absolute atomic E-state index is 12.7. The topological polar surface area (TPSA) is 98.7 Å². The van der Waals surface area contributed by atoms with E-state index in [-0.39, 0.29) is 11.9 Å². The molecular formula is C15H19N3O3. The Hall–Kier alpha value is -1.92. The summed E-state index contributed by atoms with van der Waals surface area (Å²) in [6.45, 7) is 1.08. The van der Waals surface area contributed by atoms with Crippen molar-refractivity contribution in [2.45, 2.75) is 25.0 Å². The van der Waals surface area contributed by atoms with Gasteiger partial charge in [-0.2, -0.15) is 0 Å². The van der Waals surface area contributed by atoms with Gasteiger partial charge < -0.3 is 21.1 Å². The van der Waals surface area contributed by atoms with Crippen LogP contribution in [0.1, 0.15) is 11.1 Å². The van der Waals surface area contributed by atoms with Gasteiger partial charge in [0.1, 0.15) is 6.04 Å². The van der Waals surface area contributed by atoms with Crippen molar-refractivity contribution in [3.05, 3.63) is 35.4 Å². The van der Waals surface area contributed by atoms with E-state index in [2.05, 4.69) is 0 Å². The fraction of sp³-hybridized carbons (Fsp3) is 0.467. The predicted octanol–water partition coefficient (Wildman–Crippen LogP) is -0.601. The molecule has 2 amide bonds. The zero-order valence-corrected chi connectivity index (χ0v) is 11.7. The maximum Gasteiger partial charge on any atom is 0.240 e. The summed E-state index contributed by atoms with van der Waals surface area (Å²) < 4.78 is 5.26. The zero-order valence-electron chi connectivity index (χ0n) is 11.7. The van der Waals surface area contributed by atoms with Crippen LogP contribution in [0.5, 0.6) is 0 Å². The van der Waals surface area contributed by atoms with E-state index in [1.54, 1.807) is 4.90 Å². The van der Waals surface area contributed by atoms with Crippen molar-refractivity contribution in [3.63, 3.8) is 0 Å². The van der Waals surface area contributed by atoms with E-state index in [1.165, 1.54) is 0 Å². The van der Waals surface area contributed by atoms with E-state index in [0.29, 0.717) is 26.2 Å². The molecule has 0 spiro atoms. The van der Waals surface area contributed by atoms with E-state index >= 15 is 0 Å². The number of nitrogens with two attached hydrogens (primary N) is 2. The Morgan fingerprint density at radius 3 is 2.52 bits per heavy atom. The van der Waals surface area contributed by atoms with Crippen LogP contribution in [0.3, 0.4) is 0 Å². The first-order chi connectivity index (χ1) is 10.1. The molecule has 1 aromatic rings. The Balaban J connectivity index is 1.89. The summed E-state index contributed by atoms with van der Waals surface area (Å²) in [7, 11) is 0. The third-order valence-corrected chi connectivity index (χ3v) is 4.30. The third kappa shape index (κ3) is 2.52. The maximum atomic E-state index is 12.7. The lowest BCUT2D eigenvalue weighted by atomic mass is 9.91. The van der Waals surface area contributed by atoms with Crippen LogP contribution in [0.4, 0.5) is 0 Å². The summed E-state index contributed by atoms with van der Waals surface area (Å²) in [5.41, 5.74) is 13.5. The van der Waals surface area contributed by atoms with Crippen LogP contribution >= 0.6 is 0 Å². The number of hydrogen-bond acceptors (Lipinski definition) is 4. The third-order valence-electron chi connectivity index (χ3n) is 4.30. The average molecular weight is 289 g/mol. The lowest BCUT2D eigenvalue weighted by Crippen LogP contribution is -2.54. The highest BCUT2D eigenvalue weighted by Gasteiger charge is 2.40. The van der Waals surface area contributed by atoms with Crippen LogP contribution < -0.4 is 11.5 Å². The van der Waals surface area contributed by atoms with Gasteiger partial charge in [0.25, 0.3) is 0 Å².